The molecule has 2 nitrogen and oxygen atoms in total. The van der Waals surface area contributed by atoms with Gasteiger partial charge < -0.3 is 5.32 Å². The number of carbonyl (C=O) groups is 1. The van der Waals surface area contributed by atoms with Crippen molar-refractivity contribution >= 4 is 21.8 Å². The van der Waals surface area contributed by atoms with E-state index in [2.05, 4.69) is 52.4 Å². The number of halogens is 1. The van der Waals surface area contributed by atoms with Crippen molar-refractivity contribution < 1.29 is 4.79 Å². The maximum atomic E-state index is 11.1. The molecule has 1 N–H and O–H groups in total. The molecule has 1 fully saturated rings. The van der Waals surface area contributed by atoms with Gasteiger partial charge in [-0.1, -0.05) is 35.0 Å². The van der Waals surface area contributed by atoms with E-state index in [9.17, 15) is 4.79 Å². The standard InChI is InChI=1S/C13H16BrNO/c1-13(7-6-12(16)15-9-13)8-10-2-4-11(14)5-3-10/h2-5H,6-9H2,1H3,(H,15,16). The van der Waals surface area contributed by atoms with Crippen LogP contribution >= 0.6 is 15.9 Å². The smallest absolute Gasteiger partial charge is 0.220 e. The number of benzene rings is 1. The minimum absolute atomic E-state index is 0.188. The van der Waals surface area contributed by atoms with Crippen LogP contribution in [0.3, 0.4) is 0 Å². The second-order valence-corrected chi connectivity index (χ2v) is 5.81. The summed E-state index contributed by atoms with van der Waals surface area (Å²) >= 11 is 3.43. The summed E-state index contributed by atoms with van der Waals surface area (Å²) in [4.78, 5) is 11.1. The van der Waals surface area contributed by atoms with Crippen molar-refractivity contribution in [1.29, 1.82) is 0 Å². The molecule has 1 aromatic carbocycles. The van der Waals surface area contributed by atoms with Gasteiger partial charge in [0.15, 0.2) is 0 Å². The van der Waals surface area contributed by atoms with Crippen molar-refractivity contribution in [1.82, 2.24) is 5.32 Å². The summed E-state index contributed by atoms with van der Waals surface area (Å²) in [5.41, 5.74) is 1.55. The maximum Gasteiger partial charge on any atom is 0.220 e. The number of carbonyl (C=O) groups excluding carboxylic acids is 1. The highest BCUT2D eigenvalue weighted by atomic mass is 79.9. The first-order valence-electron chi connectivity index (χ1n) is 5.59. The fraction of sp³-hybridized carbons (Fsp3) is 0.462. The molecule has 1 unspecified atom stereocenters. The molecule has 1 heterocycles. The van der Waals surface area contributed by atoms with Gasteiger partial charge in [-0.2, -0.15) is 0 Å². The molecule has 1 aromatic rings. The van der Waals surface area contributed by atoms with Crippen molar-refractivity contribution in [3.8, 4) is 0 Å². The van der Waals surface area contributed by atoms with Crippen LogP contribution in [-0.4, -0.2) is 12.5 Å². The van der Waals surface area contributed by atoms with Crippen molar-refractivity contribution in [2.24, 2.45) is 5.41 Å². The minimum Gasteiger partial charge on any atom is -0.356 e. The Morgan fingerprint density at radius 1 is 1.38 bits per heavy atom. The lowest BCUT2D eigenvalue weighted by Crippen LogP contribution is -2.42. The topological polar surface area (TPSA) is 29.1 Å². The van der Waals surface area contributed by atoms with Gasteiger partial charge in [-0.15, -0.1) is 0 Å². The van der Waals surface area contributed by atoms with E-state index in [0.717, 1.165) is 23.9 Å². The predicted molar refractivity (Wildman–Crippen MR) is 68.2 cm³/mol. The van der Waals surface area contributed by atoms with Gasteiger partial charge in [0.25, 0.3) is 0 Å². The predicted octanol–water partition coefficient (Wildman–Crippen LogP) is 2.91. The van der Waals surface area contributed by atoms with Crippen molar-refractivity contribution in [2.75, 3.05) is 6.54 Å². The molecule has 0 aromatic heterocycles. The van der Waals surface area contributed by atoms with E-state index < -0.39 is 0 Å². The average molecular weight is 282 g/mol. The van der Waals surface area contributed by atoms with E-state index in [1.807, 2.05) is 0 Å². The summed E-state index contributed by atoms with van der Waals surface area (Å²) in [5.74, 6) is 0.188. The second kappa shape index (κ2) is 4.58. The van der Waals surface area contributed by atoms with Crippen LogP contribution in [-0.2, 0) is 11.2 Å². The van der Waals surface area contributed by atoms with Crippen LogP contribution in [0.5, 0.6) is 0 Å². The SMILES string of the molecule is CC1(Cc2ccc(Br)cc2)CCC(=O)NC1. The number of hydrogen-bond acceptors (Lipinski definition) is 1. The largest absolute Gasteiger partial charge is 0.356 e. The van der Waals surface area contributed by atoms with E-state index in [1.165, 1.54) is 5.56 Å². The summed E-state index contributed by atoms with van der Waals surface area (Å²) in [6.45, 7) is 3.04. The molecule has 0 radical (unpaired) electrons. The lowest BCUT2D eigenvalue weighted by Gasteiger charge is -2.33. The van der Waals surface area contributed by atoms with Crippen molar-refractivity contribution in [3.63, 3.8) is 0 Å². The number of piperidine rings is 1. The first kappa shape index (κ1) is 11.6. The molecule has 1 amide bonds. The lowest BCUT2D eigenvalue weighted by molar-refractivity contribution is -0.124. The average Bonchev–Trinajstić information content (AvgIpc) is 2.27. The molecule has 1 saturated heterocycles. The number of hydrogen-bond donors (Lipinski definition) is 1. The van der Waals surface area contributed by atoms with E-state index in [-0.39, 0.29) is 11.3 Å². The monoisotopic (exact) mass is 281 g/mol. The number of rotatable bonds is 2. The number of amides is 1. The molecule has 0 aliphatic carbocycles. The lowest BCUT2D eigenvalue weighted by atomic mass is 9.77. The summed E-state index contributed by atoms with van der Waals surface area (Å²) in [6.07, 6.45) is 2.67. The van der Waals surface area contributed by atoms with Crippen LogP contribution in [0.2, 0.25) is 0 Å². The first-order valence-corrected chi connectivity index (χ1v) is 6.38. The van der Waals surface area contributed by atoms with Gasteiger partial charge in [0.1, 0.15) is 0 Å². The Bertz CT molecular complexity index is 375. The van der Waals surface area contributed by atoms with Crippen molar-refractivity contribution in [3.05, 3.63) is 34.3 Å². The number of nitrogens with one attached hydrogen (secondary N) is 1. The zero-order chi connectivity index (χ0) is 11.6. The van der Waals surface area contributed by atoms with Gasteiger partial charge in [-0.05, 0) is 36.0 Å². The maximum absolute atomic E-state index is 11.1. The Kier molecular flexibility index (Phi) is 3.33. The molecule has 0 bridgehead atoms. The highest BCUT2D eigenvalue weighted by Gasteiger charge is 2.29. The highest BCUT2D eigenvalue weighted by molar-refractivity contribution is 9.10. The van der Waals surface area contributed by atoms with Gasteiger partial charge in [-0.3, -0.25) is 4.79 Å². The first-order chi connectivity index (χ1) is 7.57. The van der Waals surface area contributed by atoms with Crippen LogP contribution in [0.15, 0.2) is 28.7 Å². The Labute approximate surface area is 105 Å². The third-order valence-electron chi connectivity index (χ3n) is 3.21. The third kappa shape index (κ3) is 2.85. The fourth-order valence-corrected chi connectivity index (χ4v) is 2.41. The van der Waals surface area contributed by atoms with Gasteiger partial charge in [0, 0.05) is 17.4 Å². The van der Waals surface area contributed by atoms with Crippen LogP contribution in [0, 0.1) is 5.41 Å². The van der Waals surface area contributed by atoms with E-state index in [4.69, 9.17) is 0 Å². The van der Waals surface area contributed by atoms with Gasteiger partial charge in [0.05, 0.1) is 0 Å². The second-order valence-electron chi connectivity index (χ2n) is 4.89. The molecular formula is C13H16BrNO. The molecule has 0 saturated carbocycles. The Balaban J connectivity index is 2.03. The molecular weight excluding hydrogens is 266 g/mol. The van der Waals surface area contributed by atoms with Crippen LogP contribution in [0.1, 0.15) is 25.3 Å². The Morgan fingerprint density at radius 3 is 2.62 bits per heavy atom. The normalized spacial score (nSPS) is 25.2. The molecule has 1 aliphatic heterocycles. The van der Waals surface area contributed by atoms with Gasteiger partial charge >= 0.3 is 0 Å². The van der Waals surface area contributed by atoms with Crippen LogP contribution in [0.25, 0.3) is 0 Å². The third-order valence-corrected chi connectivity index (χ3v) is 3.74. The molecule has 16 heavy (non-hydrogen) atoms. The molecule has 1 aliphatic rings. The molecule has 2 rings (SSSR count). The summed E-state index contributed by atoms with van der Waals surface area (Å²) in [6, 6.07) is 8.43. The summed E-state index contributed by atoms with van der Waals surface area (Å²) < 4.78 is 1.11. The molecule has 1 atom stereocenters. The molecule has 0 spiro atoms. The zero-order valence-corrected chi connectivity index (χ0v) is 11.0. The van der Waals surface area contributed by atoms with E-state index in [0.29, 0.717) is 6.42 Å². The fourth-order valence-electron chi connectivity index (χ4n) is 2.15. The molecule has 86 valence electrons. The Morgan fingerprint density at radius 2 is 2.06 bits per heavy atom. The van der Waals surface area contributed by atoms with Crippen molar-refractivity contribution in [2.45, 2.75) is 26.2 Å². The minimum atomic E-state index is 0.188. The summed E-state index contributed by atoms with van der Waals surface area (Å²) in [5, 5.41) is 2.96. The van der Waals surface area contributed by atoms with Crippen LogP contribution in [0.4, 0.5) is 0 Å². The van der Waals surface area contributed by atoms with E-state index in [1.54, 1.807) is 0 Å². The quantitative estimate of drug-likeness (QED) is 0.888. The van der Waals surface area contributed by atoms with Gasteiger partial charge in [0.2, 0.25) is 5.91 Å². The highest BCUT2D eigenvalue weighted by Crippen LogP contribution is 2.30. The molecule has 3 heteroatoms. The Hall–Kier alpha value is -0.830. The van der Waals surface area contributed by atoms with Gasteiger partial charge in [-0.25, -0.2) is 0 Å². The zero-order valence-electron chi connectivity index (χ0n) is 9.42. The van der Waals surface area contributed by atoms with Crippen LogP contribution < -0.4 is 5.32 Å². The summed E-state index contributed by atoms with van der Waals surface area (Å²) in [7, 11) is 0. The van der Waals surface area contributed by atoms with E-state index >= 15 is 0 Å².